The Kier molecular flexibility index (Phi) is 6.36. The van der Waals surface area contributed by atoms with Gasteiger partial charge < -0.3 is 10.1 Å². The first-order valence-electron chi connectivity index (χ1n) is 8.31. The zero-order chi connectivity index (χ0) is 19.2. The van der Waals surface area contributed by atoms with Crippen LogP contribution < -0.4 is 10.1 Å². The number of thioether (sulfide) groups is 1. The molecule has 2 N–H and O–H groups in total. The zero-order valence-electron chi connectivity index (χ0n) is 14.9. The molecule has 3 aromatic rings. The van der Waals surface area contributed by atoms with Crippen molar-refractivity contribution in [2.45, 2.75) is 23.9 Å². The fourth-order valence-corrected chi connectivity index (χ4v) is 3.35. The van der Waals surface area contributed by atoms with Crippen LogP contribution in [0.1, 0.15) is 12.5 Å². The molecular formula is C19H19ClN4O2S. The number of nitrogens with zero attached hydrogens (tertiary/aromatic N) is 2. The molecule has 1 amide bonds. The van der Waals surface area contributed by atoms with Crippen LogP contribution >= 0.6 is 23.4 Å². The molecule has 140 valence electrons. The molecule has 3 rings (SSSR count). The molecule has 0 spiro atoms. The number of methoxy groups -OCH3 is 1. The second-order valence-electron chi connectivity index (χ2n) is 5.77. The maximum absolute atomic E-state index is 12.3. The normalized spacial score (nSPS) is 11.8. The molecule has 0 bridgehead atoms. The summed E-state index contributed by atoms with van der Waals surface area (Å²) in [7, 11) is 1.58. The van der Waals surface area contributed by atoms with Gasteiger partial charge in [-0.05, 0) is 30.7 Å². The van der Waals surface area contributed by atoms with E-state index in [9.17, 15) is 4.79 Å². The highest BCUT2D eigenvalue weighted by Gasteiger charge is 2.18. The molecule has 0 aliphatic rings. The third-order valence-electron chi connectivity index (χ3n) is 3.84. The number of aromatic nitrogens is 3. The highest BCUT2D eigenvalue weighted by atomic mass is 35.5. The largest absolute Gasteiger partial charge is 0.496 e. The average Bonchev–Trinajstić information content (AvgIpc) is 3.15. The Morgan fingerprint density at radius 1 is 1.30 bits per heavy atom. The second-order valence-corrected chi connectivity index (χ2v) is 7.52. The number of halogens is 1. The fourth-order valence-electron chi connectivity index (χ4n) is 2.43. The molecule has 27 heavy (non-hydrogen) atoms. The van der Waals surface area contributed by atoms with Crippen molar-refractivity contribution in [2.75, 3.05) is 7.11 Å². The summed E-state index contributed by atoms with van der Waals surface area (Å²) < 4.78 is 5.34. The average molecular weight is 403 g/mol. The lowest BCUT2D eigenvalue weighted by atomic mass is 10.2. The van der Waals surface area contributed by atoms with E-state index in [-0.39, 0.29) is 11.2 Å². The first-order valence-corrected chi connectivity index (χ1v) is 9.57. The Hall–Kier alpha value is -2.51. The number of hydrogen-bond donors (Lipinski definition) is 2. The van der Waals surface area contributed by atoms with Crippen molar-refractivity contribution >= 4 is 29.3 Å². The summed E-state index contributed by atoms with van der Waals surface area (Å²) >= 11 is 7.35. The number of carbonyl (C=O) groups excluding carboxylic acids is 1. The van der Waals surface area contributed by atoms with Gasteiger partial charge in [-0.3, -0.25) is 9.89 Å². The number of rotatable bonds is 7. The Labute approximate surface area is 166 Å². The minimum absolute atomic E-state index is 0.0736. The third kappa shape index (κ3) is 5.02. The monoisotopic (exact) mass is 402 g/mol. The lowest BCUT2D eigenvalue weighted by molar-refractivity contribution is -0.120. The predicted octanol–water partition coefficient (Wildman–Crippen LogP) is 3.93. The van der Waals surface area contributed by atoms with E-state index in [4.69, 9.17) is 16.3 Å². The molecular weight excluding hydrogens is 384 g/mol. The smallest absolute Gasteiger partial charge is 0.233 e. The summed E-state index contributed by atoms with van der Waals surface area (Å²) in [4.78, 5) is 16.8. The van der Waals surface area contributed by atoms with Crippen molar-refractivity contribution in [3.05, 3.63) is 59.1 Å². The molecule has 1 unspecified atom stereocenters. The van der Waals surface area contributed by atoms with E-state index in [1.165, 1.54) is 11.8 Å². The summed E-state index contributed by atoms with van der Waals surface area (Å²) in [6, 6.07) is 15.0. The van der Waals surface area contributed by atoms with Crippen LogP contribution in [-0.4, -0.2) is 33.4 Å². The van der Waals surface area contributed by atoms with E-state index < -0.39 is 0 Å². The number of amides is 1. The maximum atomic E-state index is 12.3. The number of H-pyrrole nitrogens is 1. The maximum Gasteiger partial charge on any atom is 0.233 e. The van der Waals surface area contributed by atoms with E-state index in [0.717, 1.165) is 5.56 Å². The van der Waals surface area contributed by atoms with Crippen LogP contribution in [0.15, 0.2) is 53.7 Å². The van der Waals surface area contributed by atoms with Crippen LogP contribution in [0.25, 0.3) is 11.4 Å². The molecule has 1 heterocycles. The molecule has 0 saturated carbocycles. The van der Waals surface area contributed by atoms with Crippen LogP contribution in [-0.2, 0) is 11.3 Å². The summed E-state index contributed by atoms with van der Waals surface area (Å²) in [6.07, 6.45) is 0. The first-order chi connectivity index (χ1) is 13.1. The molecule has 8 heteroatoms. The molecule has 0 aliphatic heterocycles. The van der Waals surface area contributed by atoms with Gasteiger partial charge in [0.25, 0.3) is 0 Å². The minimum Gasteiger partial charge on any atom is -0.496 e. The molecule has 0 saturated heterocycles. The summed E-state index contributed by atoms with van der Waals surface area (Å²) in [6.45, 7) is 2.31. The highest BCUT2D eigenvalue weighted by molar-refractivity contribution is 8.00. The number of nitrogens with one attached hydrogen (secondary N) is 2. The van der Waals surface area contributed by atoms with Crippen LogP contribution in [0.4, 0.5) is 0 Å². The first kappa shape index (κ1) is 19.3. The van der Waals surface area contributed by atoms with Gasteiger partial charge in [-0.1, -0.05) is 53.7 Å². The highest BCUT2D eigenvalue weighted by Crippen LogP contribution is 2.31. The van der Waals surface area contributed by atoms with Crippen LogP contribution in [0.2, 0.25) is 5.02 Å². The van der Waals surface area contributed by atoms with Gasteiger partial charge in [0.1, 0.15) is 5.75 Å². The van der Waals surface area contributed by atoms with Crippen LogP contribution in [0.3, 0.4) is 0 Å². The number of hydrogen-bond acceptors (Lipinski definition) is 5. The Balaban J connectivity index is 1.63. The number of ether oxygens (including phenoxy) is 1. The molecule has 1 atom stereocenters. The zero-order valence-corrected chi connectivity index (χ0v) is 16.5. The van der Waals surface area contributed by atoms with Crippen molar-refractivity contribution in [1.82, 2.24) is 20.5 Å². The van der Waals surface area contributed by atoms with Gasteiger partial charge in [0, 0.05) is 11.6 Å². The lowest BCUT2D eigenvalue weighted by Gasteiger charge is -2.10. The standard InChI is InChI=1S/C19H19ClN4O2S/c1-12(18(25)21-11-13-6-4-3-5-7-13)27-19-22-17(23-24-19)15-10-14(20)8-9-16(15)26-2/h3-10,12H,11H2,1-2H3,(H,21,25)(H,22,23,24). The van der Waals surface area contributed by atoms with Gasteiger partial charge in [-0.25, -0.2) is 4.98 Å². The summed E-state index contributed by atoms with van der Waals surface area (Å²) in [5, 5.41) is 10.7. The number of carbonyl (C=O) groups is 1. The summed E-state index contributed by atoms with van der Waals surface area (Å²) in [5.41, 5.74) is 1.77. The minimum atomic E-state index is -0.335. The van der Waals surface area contributed by atoms with E-state index in [2.05, 4.69) is 20.5 Å². The van der Waals surface area contributed by atoms with Gasteiger partial charge in [0.15, 0.2) is 5.82 Å². The molecule has 6 nitrogen and oxygen atoms in total. The van der Waals surface area contributed by atoms with Crippen molar-refractivity contribution in [3.8, 4) is 17.1 Å². The van der Waals surface area contributed by atoms with Gasteiger partial charge in [0.05, 0.1) is 17.9 Å². The van der Waals surface area contributed by atoms with Crippen LogP contribution in [0.5, 0.6) is 5.75 Å². The molecule has 0 fully saturated rings. The third-order valence-corrected chi connectivity index (χ3v) is 5.04. The number of aromatic amines is 1. The Morgan fingerprint density at radius 3 is 2.81 bits per heavy atom. The quantitative estimate of drug-likeness (QED) is 0.585. The van der Waals surface area contributed by atoms with Gasteiger partial charge in [-0.15, -0.1) is 5.10 Å². The topological polar surface area (TPSA) is 79.9 Å². The van der Waals surface area contributed by atoms with Crippen molar-refractivity contribution < 1.29 is 9.53 Å². The molecule has 1 aromatic heterocycles. The van der Waals surface area contributed by atoms with Crippen LogP contribution in [0, 0.1) is 0 Å². The molecule has 0 aliphatic carbocycles. The van der Waals surface area contributed by atoms with E-state index in [1.807, 2.05) is 37.3 Å². The Morgan fingerprint density at radius 2 is 2.07 bits per heavy atom. The van der Waals surface area contributed by atoms with Gasteiger partial charge in [0.2, 0.25) is 11.1 Å². The Bertz CT molecular complexity index is 917. The lowest BCUT2D eigenvalue weighted by Crippen LogP contribution is -2.30. The predicted molar refractivity (Wildman–Crippen MR) is 107 cm³/mol. The van der Waals surface area contributed by atoms with E-state index in [0.29, 0.717) is 33.9 Å². The molecule has 0 radical (unpaired) electrons. The fraction of sp³-hybridized carbons (Fsp3) is 0.211. The van der Waals surface area contributed by atoms with Gasteiger partial charge in [-0.2, -0.15) is 0 Å². The number of benzene rings is 2. The van der Waals surface area contributed by atoms with Crippen molar-refractivity contribution in [2.24, 2.45) is 0 Å². The van der Waals surface area contributed by atoms with E-state index in [1.54, 1.807) is 25.3 Å². The van der Waals surface area contributed by atoms with Crippen molar-refractivity contribution in [3.63, 3.8) is 0 Å². The molecule has 2 aromatic carbocycles. The van der Waals surface area contributed by atoms with E-state index >= 15 is 0 Å². The van der Waals surface area contributed by atoms with Crippen molar-refractivity contribution in [1.29, 1.82) is 0 Å². The summed E-state index contributed by atoms with van der Waals surface area (Å²) in [5.74, 6) is 1.10. The van der Waals surface area contributed by atoms with Gasteiger partial charge >= 0.3 is 0 Å². The second kappa shape index (κ2) is 8.92. The SMILES string of the molecule is COc1ccc(Cl)cc1-c1nc(SC(C)C(=O)NCc2ccccc2)n[nH]1.